The van der Waals surface area contributed by atoms with E-state index in [4.69, 9.17) is 9.47 Å². The number of benzene rings is 1. The zero-order valence-corrected chi connectivity index (χ0v) is 26.6. The Hall–Kier alpha value is -2.74. The van der Waals surface area contributed by atoms with Crippen LogP contribution in [0, 0.1) is 0 Å². The van der Waals surface area contributed by atoms with Gasteiger partial charge in [-0.2, -0.15) is 0 Å². The van der Waals surface area contributed by atoms with Gasteiger partial charge in [0.05, 0.1) is 20.9 Å². The van der Waals surface area contributed by atoms with Crippen LogP contribution in [-0.4, -0.2) is 62.5 Å². The smallest absolute Gasteiger partial charge is 0.411 e. The lowest BCUT2D eigenvalue weighted by atomic mass is 9.86. The second-order valence-electron chi connectivity index (χ2n) is 12.3. The van der Waals surface area contributed by atoms with Crippen molar-refractivity contribution in [3.05, 3.63) is 29.4 Å². The molecule has 42 heavy (non-hydrogen) atoms. The van der Waals surface area contributed by atoms with E-state index >= 15 is 0 Å². The van der Waals surface area contributed by atoms with E-state index in [0.717, 1.165) is 55.0 Å². The molecule has 0 bridgehead atoms. The van der Waals surface area contributed by atoms with Crippen molar-refractivity contribution in [1.29, 1.82) is 0 Å². The lowest BCUT2D eigenvalue weighted by Crippen LogP contribution is -2.40. The van der Waals surface area contributed by atoms with E-state index in [9.17, 15) is 18.0 Å². The molecular weight excluding hydrogens is 578 g/mol. The Bertz CT molecular complexity index is 1340. The van der Waals surface area contributed by atoms with Crippen LogP contribution in [0.4, 0.5) is 15.3 Å². The van der Waals surface area contributed by atoms with Crippen LogP contribution < -0.4 is 20.7 Å². The third kappa shape index (κ3) is 9.13. The highest BCUT2D eigenvalue weighted by Gasteiger charge is 2.29. The van der Waals surface area contributed by atoms with Gasteiger partial charge in [0, 0.05) is 41.0 Å². The molecule has 1 aromatic heterocycles. The van der Waals surface area contributed by atoms with Crippen LogP contribution in [0.5, 0.6) is 0 Å². The summed E-state index contributed by atoms with van der Waals surface area (Å²) < 4.78 is 40.4. The molecule has 2 fully saturated rings. The molecule has 232 valence electrons. The van der Waals surface area contributed by atoms with Crippen molar-refractivity contribution in [2.75, 3.05) is 18.5 Å². The third-order valence-corrected chi connectivity index (χ3v) is 10.1. The topological polar surface area (TPSA) is 148 Å². The second kappa shape index (κ2) is 13.7. The molecular formula is C29H43N5O6S2. The van der Waals surface area contributed by atoms with Gasteiger partial charge in [-0.25, -0.2) is 27.7 Å². The molecule has 4 N–H and O–H groups in total. The number of ether oxygens (including phenoxy) is 2. The van der Waals surface area contributed by atoms with Gasteiger partial charge in [0.25, 0.3) is 0 Å². The number of thiazole rings is 1. The summed E-state index contributed by atoms with van der Waals surface area (Å²) in [5, 5.41) is 9.83. The van der Waals surface area contributed by atoms with Gasteiger partial charge in [0.15, 0.2) is 0 Å². The number of carbonyl (C=O) groups is 2. The highest BCUT2D eigenvalue weighted by molar-refractivity contribution is 7.89. The van der Waals surface area contributed by atoms with Gasteiger partial charge in [0.1, 0.15) is 6.61 Å². The summed E-state index contributed by atoms with van der Waals surface area (Å²) in [4.78, 5) is 29.9. The lowest BCUT2D eigenvalue weighted by molar-refractivity contribution is 0.109. The van der Waals surface area contributed by atoms with Gasteiger partial charge in [-0.1, -0.05) is 6.07 Å². The Kier molecular flexibility index (Phi) is 10.5. The van der Waals surface area contributed by atoms with Crippen molar-refractivity contribution in [2.45, 2.75) is 108 Å². The summed E-state index contributed by atoms with van der Waals surface area (Å²) in [6.07, 6.45) is 5.87. The Labute approximate surface area is 252 Å². The molecule has 1 aliphatic heterocycles. The average molecular weight is 622 g/mol. The minimum absolute atomic E-state index is 0.0551. The second-order valence-corrected chi connectivity index (χ2v) is 15.0. The quantitative estimate of drug-likeness (QED) is 0.293. The summed E-state index contributed by atoms with van der Waals surface area (Å²) in [6, 6.07) is 5.04. The summed E-state index contributed by atoms with van der Waals surface area (Å²) in [5.41, 5.74) is 0.125. The first-order valence-corrected chi connectivity index (χ1v) is 16.9. The van der Waals surface area contributed by atoms with Gasteiger partial charge in [0.2, 0.25) is 10.0 Å². The van der Waals surface area contributed by atoms with Gasteiger partial charge in [-0.05, 0) is 91.8 Å². The zero-order chi connectivity index (χ0) is 30.5. The number of anilines is 1. The van der Waals surface area contributed by atoms with Crippen molar-refractivity contribution < 1.29 is 27.5 Å². The predicted molar refractivity (Wildman–Crippen MR) is 163 cm³/mol. The normalized spacial score (nSPS) is 21.2. The van der Waals surface area contributed by atoms with Crippen LogP contribution in [0.3, 0.4) is 0 Å². The Morgan fingerprint density at radius 2 is 1.86 bits per heavy atom. The van der Waals surface area contributed by atoms with E-state index in [-0.39, 0.29) is 41.7 Å². The first-order valence-electron chi connectivity index (χ1n) is 14.6. The first kappa shape index (κ1) is 32.2. The Morgan fingerprint density at radius 3 is 2.50 bits per heavy atom. The fourth-order valence-electron chi connectivity index (χ4n) is 5.21. The number of carbonyl (C=O) groups excluding carboxylic acids is 2. The number of amides is 2. The van der Waals surface area contributed by atoms with E-state index in [2.05, 4.69) is 25.7 Å². The van der Waals surface area contributed by atoms with Crippen molar-refractivity contribution in [2.24, 2.45) is 0 Å². The number of nitrogens with one attached hydrogen (secondary N) is 4. The number of nitrogens with zero attached hydrogens (tertiary/aromatic N) is 1. The Balaban J connectivity index is 1.49. The maximum atomic E-state index is 13.6. The number of rotatable bonds is 9. The van der Waals surface area contributed by atoms with Crippen molar-refractivity contribution in [3.63, 3.8) is 0 Å². The van der Waals surface area contributed by atoms with Gasteiger partial charge in [-0.3, -0.25) is 5.32 Å². The van der Waals surface area contributed by atoms with E-state index < -0.39 is 21.7 Å². The van der Waals surface area contributed by atoms with E-state index in [1.54, 1.807) is 39.1 Å². The molecule has 2 aromatic rings. The number of alkyl carbamates (subject to hydrolysis) is 1. The van der Waals surface area contributed by atoms with Crippen LogP contribution in [0.2, 0.25) is 0 Å². The molecule has 1 aliphatic carbocycles. The Morgan fingerprint density at radius 1 is 1.12 bits per heavy atom. The van der Waals surface area contributed by atoms with Gasteiger partial charge < -0.3 is 20.1 Å². The van der Waals surface area contributed by atoms with Crippen LogP contribution in [0.15, 0.2) is 29.3 Å². The maximum Gasteiger partial charge on any atom is 0.411 e. The molecule has 4 rings (SSSR count). The van der Waals surface area contributed by atoms with Gasteiger partial charge in [-0.15, -0.1) is 11.3 Å². The monoisotopic (exact) mass is 621 g/mol. The molecule has 1 atom stereocenters. The van der Waals surface area contributed by atoms with Crippen LogP contribution in [-0.2, 0) is 19.5 Å². The van der Waals surface area contributed by atoms with Crippen molar-refractivity contribution in [3.8, 4) is 10.4 Å². The lowest BCUT2D eigenvalue weighted by Gasteiger charge is -2.28. The third-order valence-electron chi connectivity index (χ3n) is 7.07. The largest absolute Gasteiger partial charge is 0.448 e. The molecule has 2 amide bonds. The molecule has 11 nitrogen and oxygen atoms in total. The molecule has 0 radical (unpaired) electrons. The molecule has 0 spiro atoms. The van der Waals surface area contributed by atoms with E-state index in [1.165, 1.54) is 17.4 Å². The van der Waals surface area contributed by atoms with E-state index in [1.807, 2.05) is 13.8 Å². The number of hydrogen-bond donors (Lipinski definition) is 4. The van der Waals surface area contributed by atoms with E-state index in [0.29, 0.717) is 11.3 Å². The molecule has 0 unspecified atom stereocenters. The van der Waals surface area contributed by atoms with Gasteiger partial charge >= 0.3 is 12.2 Å². The SMILES string of the molecule is CC(C)OC(=O)NC1CCC(c2ncc(-c3ccc(NC(=O)OC[C@@H]4CCCN4)cc3S(=O)(=O)NC(C)(C)C)s2)CC1. The summed E-state index contributed by atoms with van der Waals surface area (Å²) in [5.74, 6) is 0.223. The standard InChI is InChI=1S/C29H43N5O6S2/c1-18(2)40-28(36)32-20-10-8-19(9-11-20)26-31-16-24(41-26)23-13-12-21(15-25(23)42(37,38)34-29(3,4)5)33-27(35)39-17-22-7-6-14-30-22/h12-13,15-16,18-20,22,30,34H,6-11,14,17H2,1-5H3,(H,32,36)(H,33,35)/t19?,20?,22-/m0/s1. The predicted octanol–water partition coefficient (Wildman–Crippen LogP) is 5.35. The fourth-order valence-corrected chi connectivity index (χ4v) is 8.07. The summed E-state index contributed by atoms with van der Waals surface area (Å²) in [6.45, 7) is 10.1. The zero-order valence-electron chi connectivity index (χ0n) is 25.0. The minimum Gasteiger partial charge on any atom is -0.448 e. The number of aromatic nitrogens is 1. The molecule has 1 saturated carbocycles. The van der Waals surface area contributed by atoms with Crippen molar-refractivity contribution >= 4 is 39.2 Å². The van der Waals surface area contributed by atoms with Crippen molar-refractivity contribution in [1.82, 2.24) is 20.3 Å². The highest BCUT2D eigenvalue weighted by atomic mass is 32.2. The van der Waals surface area contributed by atoms with Crippen LogP contribution in [0.25, 0.3) is 10.4 Å². The molecule has 1 aromatic carbocycles. The molecule has 1 saturated heterocycles. The molecule has 2 heterocycles. The average Bonchev–Trinajstić information content (AvgIpc) is 3.59. The fraction of sp³-hybridized carbons (Fsp3) is 0.621. The minimum atomic E-state index is -3.95. The number of hydrogen-bond acceptors (Lipinski definition) is 9. The maximum absolute atomic E-state index is 13.6. The highest BCUT2D eigenvalue weighted by Crippen LogP contribution is 2.40. The first-order chi connectivity index (χ1) is 19.8. The summed E-state index contributed by atoms with van der Waals surface area (Å²) in [7, 11) is -3.95. The van der Waals surface area contributed by atoms with Crippen LogP contribution in [0.1, 0.15) is 84.1 Å². The summed E-state index contributed by atoms with van der Waals surface area (Å²) >= 11 is 1.47. The molecule has 13 heteroatoms. The number of sulfonamides is 1. The van der Waals surface area contributed by atoms with Crippen LogP contribution >= 0.6 is 11.3 Å². The molecule has 2 aliphatic rings.